The van der Waals surface area contributed by atoms with E-state index in [1.165, 1.54) is 62.1 Å². The van der Waals surface area contributed by atoms with Gasteiger partial charge >= 0.3 is 50.3 Å². The fourth-order valence-corrected chi connectivity index (χ4v) is 3.27. The van der Waals surface area contributed by atoms with Crippen LogP contribution in [-0.4, -0.2) is 14.8 Å². The minimum absolute atomic E-state index is 0.0559. The van der Waals surface area contributed by atoms with Gasteiger partial charge in [-0.3, -0.25) is 30.3 Å². The molecule has 0 radical (unpaired) electrons. The van der Waals surface area contributed by atoms with Gasteiger partial charge in [0.15, 0.2) is 0 Å². The Bertz CT molecular complexity index is 971. The third-order valence-corrected chi connectivity index (χ3v) is 5.40. The van der Waals surface area contributed by atoms with Gasteiger partial charge in [0.1, 0.15) is 0 Å². The molecule has 36 heavy (non-hydrogen) atoms. The first kappa shape index (κ1) is 30.0. The van der Waals surface area contributed by atoms with E-state index in [0.29, 0.717) is 0 Å². The molecule has 1 saturated carbocycles. The van der Waals surface area contributed by atoms with Crippen molar-refractivity contribution in [3.63, 3.8) is 0 Å². The predicted octanol–water partition coefficient (Wildman–Crippen LogP) is 3.90. The molecular formula is C23H21N3O9Ti. The second-order valence-electron chi connectivity index (χ2n) is 7.23. The second kappa shape index (κ2) is 15.8. The van der Waals surface area contributed by atoms with Gasteiger partial charge < -0.3 is 15.3 Å². The summed E-state index contributed by atoms with van der Waals surface area (Å²) in [6.07, 6.45) is 5.95. The molecule has 0 N–H and O–H groups in total. The van der Waals surface area contributed by atoms with E-state index in [4.69, 9.17) is 0 Å². The van der Waals surface area contributed by atoms with Gasteiger partial charge in [0.2, 0.25) is 0 Å². The van der Waals surface area contributed by atoms with Crippen LogP contribution in [0.1, 0.15) is 25.7 Å². The standard InChI is InChI=1S/3C6H5NO3.C5H9.Ti/c3*8-6-3-1-5(2-4-6)7(9)10;1-2-4-5-3-1;/h3*1-4,8H;1H,2-5H2;/q;;;;+3/p-3. The summed E-state index contributed by atoms with van der Waals surface area (Å²) in [6, 6.07) is 14.1. The molecule has 186 valence electrons. The molecule has 0 spiro atoms. The molecular weight excluding hydrogens is 510 g/mol. The van der Waals surface area contributed by atoms with Crippen LogP contribution in [0.3, 0.4) is 0 Å². The molecule has 0 amide bonds. The number of rotatable bonds is 3. The summed E-state index contributed by atoms with van der Waals surface area (Å²) in [6.45, 7) is 0. The van der Waals surface area contributed by atoms with Gasteiger partial charge in [-0.25, -0.2) is 0 Å². The summed E-state index contributed by atoms with van der Waals surface area (Å²) in [7, 11) is 0. The van der Waals surface area contributed by atoms with Crippen LogP contribution in [0.25, 0.3) is 0 Å². The van der Waals surface area contributed by atoms with Gasteiger partial charge in [-0.1, -0.05) is 36.4 Å². The third-order valence-electron chi connectivity index (χ3n) is 4.50. The summed E-state index contributed by atoms with van der Waals surface area (Å²) >= 11 is 2.34. The molecule has 0 saturated heterocycles. The predicted molar refractivity (Wildman–Crippen MR) is 120 cm³/mol. The van der Waals surface area contributed by atoms with Crippen molar-refractivity contribution in [3.05, 3.63) is 103 Å². The Morgan fingerprint density at radius 3 is 0.889 bits per heavy atom. The molecule has 1 fully saturated rings. The van der Waals surface area contributed by atoms with Crippen molar-refractivity contribution in [2.45, 2.75) is 29.9 Å². The number of nitro benzene ring substituents is 3. The van der Waals surface area contributed by atoms with Crippen molar-refractivity contribution in [2.24, 2.45) is 0 Å². The number of hydrogen-bond donors (Lipinski definition) is 0. The molecule has 0 bridgehead atoms. The van der Waals surface area contributed by atoms with Crippen molar-refractivity contribution >= 4 is 17.1 Å². The van der Waals surface area contributed by atoms with Gasteiger partial charge in [0.05, 0.1) is 14.8 Å². The van der Waals surface area contributed by atoms with Crippen molar-refractivity contribution in [1.29, 1.82) is 0 Å². The second-order valence-corrected chi connectivity index (χ2v) is 8.51. The zero-order chi connectivity index (χ0) is 27.1. The molecule has 0 aromatic heterocycles. The summed E-state index contributed by atoms with van der Waals surface area (Å²) < 4.78 is 1.05. The monoisotopic (exact) mass is 531 g/mol. The van der Waals surface area contributed by atoms with Crippen molar-refractivity contribution in [1.82, 2.24) is 0 Å². The summed E-state index contributed by atoms with van der Waals surface area (Å²) in [5.41, 5.74) is -0.168. The number of non-ortho nitro benzene ring substituents is 3. The molecule has 0 heterocycles. The van der Waals surface area contributed by atoms with Crippen LogP contribution in [0.5, 0.6) is 17.2 Å². The van der Waals surface area contributed by atoms with E-state index in [-0.39, 0.29) is 34.3 Å². The maximum absolute atomic E-state index is 10.4. The first-order valence-corrected chi connectivity index (χ1v) is 11.3. The Balaban J connectivity index is 0.000000244. The van der Waals surface area contributed by atoms with Crippen LogP contribution in [0.4, 0.5) is 17.1 Å². The average Bonchev–Trinajstić information content (AvgIpc) is 3.32. The van der Waals surface area contributed by atoms with E-state index in [2.05, 4.69) is 20.4 Å². The number of nitro groups is 3. The van der Waals surface area contributed by atoms with E-state index in [9.17, 15) is 45.7 Å². The molecule has 0 aliphatic heterocycles. The molecule has 0 unspecified atom stereocenters. The minimum atomic E-state index is -0.542. The Morgan fingerprint density at radius 2 is 0.750 bits per heavy atom. The van der Waals surface area contributed by atoms with Crippen molar-refractivity contribution in [3.8, 4) is 17.2 Å². The number of nitrogens with zero attached hydrogens (tertiary/aromatic N) is 3. The van der Waals surface area contributed by atoms with Gasteiger partial charge in [0, 0.05) is 36.4 Å². The zero-order valence-electron chi connectivity index (χ0n) is 18.8. The van der Waals surface area contributed by atoms with E-state index < -0.39 is 14.8 Å². The maximum atomic E-state index is 10.4. The van der Waals surface area contributed by atoms with Crippen LogP contribution < -0.4 is 15.3 Å². The molecule has 1 aliphatic rings. The Kier molecular flexibility index (Phi) is 13.2. The Morgan fingerprint density at radius 1 is 0.528 bits per heavy atom. The van der Waals surface area contributed by atoms with Crippen LogP contribution in [-0.2, 0) is 20.4 Å². The van der Waals surface area contributed by atoms with Gasteiger partial charge in [-0.2, -0.15) is 0 Å². The quantitative estimate of drug-likeness (QED) is 0.273. The molecule has 3 aromatic carbocycles. The summed E-state index contributed by atoms with van der Waals surface area (Å²) in [5.74, 6) is -0.651. The Hall–Kier alpha value is -4.03. The molecule has 1 aliphatic carbocycles. The van der Waals surface area contributed by atoms with Crippen LogP contribution >= 0.6 is 0 Å². The van der Waals surface area contributed by atoms with Gasteiger partial charge in [-0.05, 0) is 0 Å². The normalized spacial score (nSPS) is 11.9. The van der Waals surface area contributed by atoms with Crippen molar-refractivity contribution < 1.29 is 50.5 Å². The Labute approximate surface area is 217 Å². The first-order valence-electron chi connectivity index (χ1n) is 10.4. The van der Waals surface area contributed by atoms with Gasteiger partial charge in [-0.15, -0.1) is 17.2 Å². The zero-order valence-corrected chi connectivity index (χ0v) is 20.4. The summed E-state index contributed by atoms with van der Waals surface area (Å²) in [4.78, 5) is 28.4. The van der Waals surface area contributed by atoms with E-state index in [1.807, 2.05) is 0 Å². The number of benzene rings is 3. The third kappa shape index (κ3) is 12.4. The van der Waals surface area contributed by atoms with Crippen LogP contribution in [0, 0.1) is 30.3 Å². The fourth-order valence-electron chi connectivity index (χ4n) is 2.63. The molecule has 4 rings (SSSR count). The molecule has 0 atom stereocenters. The molecule has 3 aromatic rings. The van der Waals surface area contributed by atoms with E-state index in [1.54, 1.807) is 0 Å². The topological polar surface area (TPSA) is 199 Å². The fraction of sp³-hybridized carbons (Fsp3) is 0.217. The first-order chi connectivity index (χ1) is 17.0. The molecule has 12 nitrogen and oxygen atoms in total. The van der Waals surface area contributed by atoms with E-state index in [0.717, 1.165) is 40.6 Å². The molecule has 13 heteroatoms. The van der Waals surface area contributed by atoms with Crippen LogP contribution in [0.15, 0.2) is 72.8 Å². The van der Waals surface area contributed by atoms with Crippen LogP contribution in [0.2, 0.25) is 4.22 Å². The van der Waals surface area contributed by atoms with Crippen molar-refractivity contribution in [2.75, 3.05) is 0 Å². The van der Waals surface area contributed by atoms with Gasteiger partial charge in [0.25, 0.3) is 17.1 Å². The number of hydrogen-bond acceptors (Lipinski definition) is 9. The SMILES string of the molecule is O=[N+]([O-])c1ccc([O-])cc1.O=[N+]([O-])c1ccc([O-])cc1.O=[N+]([O-])c1ccc([O-])cc1.[Ti+3][CH]1CCCC1. The van der Waals surface area contributed by atoms with E-state index >= 15 is 0 Å². The average molecular weight is 531 g/mol. The summed E-state index contributed by atoms with van der Waals surface area (Å²) in [5, 5.41) is 61.3.